The molecule has 0 aliphatic heterocycles. The van der Waals surface area contributed by atoms with E-state index in [2.05, 4.69) is 26.2 Å². The van der Waals surface area contributed by atoms with Crippen molar-refractivity contribution in [1.82, 2.24) is 25.5 Å². The summed E-state index contributed by atoms with van der Waals surface area (Å²) in [5, 5.41) is 16.8. The summed E-state index contributed by atoms with van der Waals surface area (Å²) in [5.41, 5.74) is 0.844. The molecule has 2 aromatic rings. The van der Waals surface area contributed by atoms with Gasteiger partial charge < -0.3 is 10.6 Å². The molecule has 1 atom stereocenters. The van der Waals surface area contributed by atoms with E-state index in [1.54, 1.807) is 57.6 Å². The van der Waals surface area contributed by atoms with Crippen molar-refractivity contribution in [3.05, 3.63) is 24.3 Å². The zero-order valence-corrected chi connectivity index (χ0v) is 14.5. The highest BCUT2D eigenvalue weighted by Crippen LogP contribution is 2.19. The fourth-order valence-corrected chi connectivity index (χ4v) is 1.94. The maximum absolute atomic E-state index is 12.3. The molecular formula is C16H22N6O2. The number of tetrazole rings is 1. The van der Waals surface area contributed by atoms with Crippen LogP contribution in [-0.2, 0) is 16.6 Å². The van der Waals surface area contributed by atoms with E-state index in [0.29, 0.717) is 11.5 Å². The number of anilines is 1. The highest BCUT2D eigenvalue weighted by molar-refractivity contribution is 5.97. The summed E-state index contributed by atoms with van der Waals surface area (Å²) in [4.78, 5) is 24.2. The third-order valence-corrected chi connectivity index (χ3v) is 3.43. The van der Waals surface area contributed by atoms with Gasteiger partial charge in [-0.3, -0.25) is 9.59 Å². The van der Waals surface area contributed by atoms with Gasteiger partial charge in [0.25, 0.3) is 0 Å². The molecular weight excluding hydrogens is 308 g/mol. The molecule has 2 N–H and O–H groups in total. The maximum Gasteiger partial charge on any atom is 0.246 e. The number of rotatable bonds is 4. The first kappa shape index (κ1) is 17.6. The first-order valence-corrected chi connectivity index (χ1v) is 7.63. The van der Waals surface area contributed by atoms with E-state index >= 15 is 0 Å². The number of benzene rings is 1. The summed E-state index contributed by atoms with van der Waals surface area (Å²) in [6, 6.07) is 6.56. The Morgan fingerprint density at radius 3 is 2.54 bits per heavy atom. The van der Waals surface area contributed by atoms with E-state index in [0.717, 1.165) is 5.56 Å². The number of aromatic nitrogens is 4. The van der Waals surface area contributed by atoms with E-state index in [1.807, 2.05) is 6.07 Å². The number of hydrogen-bond acceptors (Lipinski definition) is 5. The Morgan fingerprint density at radius 1 is 1.25 bits per heavy atom. The molecule has 1 aromatic heterocycles. The zero-order chi connectivity index (χ0) is 17.9. The lowest BCUT2D eigenvalue weighted by Gasteiger charge is -2.21. The van der Waals surface area contributed by atoms with E-state index in [-0.39, 0.29) is 11.8 Å². The van der Waals surface area contributed by atoms with Crippen LogP contribution in [0.25, 0.3) is 11.4 Å². The third-order valence-electron chi connectivity index (χ3n) is 3.43. The number of aryl methyl sites for hydroxylation is 1. The molecule has 0 radical (unpaired) electrons. The van der Waals surface area contributed by atoms with Gasteiger partial charge in [0.15, 0.2) is 5.82 Å². The highest BCUT2D eigenvalue weighted by Gasteiger charge is 2.25. The maximum atomic E-state index is 12.3. The lowest BCUT2D eigenvalue weighted by molar-refractivity contribution is -0.131. The molecule has 1 unspecified atom stereocenters. The number of carbonyl (C=O) groups is 2. The second kappa shape index (κ2) is 6.77. The minimum Gasteiger partial charge on any atom is -0.344 e. The lowest BCUT2D eigenvalue weighted by Crippen LogP contribution is -2.46. The van der Waals surface area contributed by atoms with Gasteiger partial charge in [-0.25, -0.2) is 4.68 Å². The van der Waals surface area contributed by atoms with E-state index in [4.69, 9.17) is 0 Å². The van der Waals surface area contributed by atoms with Crippen molar-refractivity contribution in [2.24, 2.45) is 12.5 Å². The molecule has 1 aromatic carbocycles. The topological polar surface area (TPSA) is 102 Å². The summed E-state index contributed by atoms with van der Waals surface area (Å²) in [7, 11) is 1.74. The molecule has 0 aliphatic rings. The van der Waals surface area contributed by atoms with Crippen LogP contribution in [0, 0.1) is 5.41 Å². The first-order chi connectivity index (χ1) is 11.2. The van der Waals surface area contributed by atoms with Crippen LogP contribution in [0.5, 0.6) is 0 Å². The van der Waals surface area contributed by atoms with Crippen molar-refractivity contribution in [1.29, 1.82) is 0 Å². The van der Waals surface area contributed by atoms with Gasteiger partial charge in [-0.05, 0) is 29.5 Å². The third kappa shape index (κ3) is 4.15. The second-order valence-electron chi connectivity index (χ2n) is 6.64. The van der Waals surface area contributed by atoms with Gasteiger partial charge in [0.1, 0.15) is 6.04 Å². The largest absolute Gasteiger partial charge is 0.344 e. The average Bonchev–Trinajstić information content (AvgIpc) is 2.92. The molecule has 24 heavy (non-hydrogen) atoms. The van der Waals surface area contributed by atoms with Gasteiger partial charge >= 0.3 is 0 Å². The standard InChI is InChI=1S/C16H22N6O2/c1-10(17-15(24)16(2,3)4)14(23)18-12-8-6-7-11(9-12)13-19-20-21-22(13)5/h6-10H,1-5H3,(H,17,24)(H,18,23). The Kier molecular flexibility index (Phi) is 4.96. The lowest BCUT2D eigenvalue weighted by atomic mass is 9.95. The van der Waals surface area contributed by atoms with Gasteiger partial charge in [0.2, 0.25) is 11.8 Å². The summed E-state index contributed by atoms with van der Waals surface area (Å²) in [6.45, 7) is 7.04. The fraction of sp³-hybridized carbons (Fsp3) is 0.438. The molecule has 2 rings (SSSR count). The normalized spacial score (nSPS) is 12.5. The second-order valence-corrected chi connectivity index (χ2v) is 6.64. The summed E-state index contributed by atoms with van der Waals surface area (Å²) >= 11 is 0. The fourth-order valence-electron chi connectivity index (χ4n) is 1.94. The van der Waals surface area contributed by atoms with Gasteiger partial charge in [0.05, 0.1) is 0 Å². The Bertz CT molecular complexity index is 747. The van der Waals surface area contributed by atoms with Crippen molar-refractivity contribution in [2.75, 3.05) is 5.32 Å². The van der Waals surface area contributed by atoms with Crippen LogP contribution < -0.4 is 10.6 Å². The van der Waals surface area contributed by atoms with Crippen LogP contribution in [0.3, 0.4) is 0 Å². The zero-order valence-electron chi connectivity index (χ0n) is 14.5. The molecule has 0 aliphatic carbocycles. The van der Waals surface area contributed by atoms with Crippen molar-refractivity contribution >= 4 is 17.5 Å². The molecule has 2 amide bonds. The van der Waals surface area contributed by atoms with Crippen molar-refractivity contribution in [2.45, 2.75) is 33.7 Å². The summed E-state index contributed by atoms with van der Waals surface area (Å²) in [5.74, 6) is 0.130. The quantitative estimate of drug-likeness (QED) is 0.881. The molecule has 0 saturated carbocycles. The minimum atomic E-state index is -0.642. The molecule has 1 heterocycles. The molecule has 8 nitrogen and oxygen atoms in total. The summed E-state index contributed by atoms with van der Waals surface area (Å²) < 4.78 is 1.55. The number of hydrogen-bond donors (Lipinski definition) is 2. The predicted molar refractivity (Wildman–Crippen MR) is 89.9 cm³/mol. The first-order valence-electron chi connectivity index (χ1n) is 7.63. The predicted octanol–water partition coefficient (Wildman–Crippen LogP) is 1.37. The van der Waals surface area contributed by atoms with Gasteiger partial charge in [0, 0.05) is 23.7 Å². The van der Waals surface area contributed by atoms with Crippen molar-refractivity contribution < 1.29 is 9.59 Å². The molecule has 0 saturated heterocycles. The van der Waals surface area contributed by atoms with Crippen LogP contribution in [0.15, 0.2) is 24.3 Å². The van der Waals surface area contributed by atoms with Crippen LogP contribution in [0.1, 0.15) is 27.7 Å². The molecule has 0 spiro atoms. The smallest absolute Gasteiger partial charge is 0.246 e. The minimum absolute atomic E-state index is 0.177. The Balaban J connectivity index is 2.07. The van der Waals surface area contributed by atoms with Gasteiger partial charge in [-0.1, -0.05) is 32.9 Å². The van der Waals surface area contributed by atoms with E-state index in [1.165, 1.54) is 0 Å². The Labute approximate surface area is 140 Å². The van der Waals surface area contributed by atoms with E-state index in [9.17, 15) is 9.59 Å². The van der Waals surface area contributed by atoms with E-state index < -0.39 is 11.5 Å². The van der Waals surface area contributed by atoms with Crippen molar-refractivity contribution in [3.63, 3.8) is 0 Å². The number of carbonyl (C=O) groups excluding carboxylic acids is 2. The Hall–Kier alpha value is -2.77. The number of nitrogens with one attached hydrogen (secondary N) is 2. The van der Waals surface area contributed by atoms with Crippen molar-refractivity contribution in [3.8, 4) is 11.4 Å². The number of nitrogens with zero attached hydrogens (tertiary/aromatic N) is 4. The van der Waals surface area contributed by atoms with Gasteiger partial charge in [-0.15, -0.1) is 5.10 Å². The summed E-state index contributed by atoms with van der Waals surface area (Å²) in [6.07, 6.45) is 0. The molecule has 0 fully saturated rings. The monoisotopic (exact) mass is 330 g/mol. The molecule has 8 heteroatoms. The molecule has 0 bridgehead atoms. The van der Waals surface area contributed by atoms with Gasteiger partial charge in [-0.2, -0.15) is 0 Å². The average molecular weight is 330 g/mol. The van der Waals surface area contributed by atoms with Crippen LogP contribution in [0.4, 0.5) is 5.69 Å². The highest BCUT2D eigenvalue weighted by atomic mass is 16.2. The SMILES string of the molecule is CC(NC(=O)C(C)(C)C)C(=O)Nc1cccc(-c2nnnn2C)c1. The Morgan fingerprint density at radius 2 is 1.96 bits per heavy atom. The number of amides is 2. The van der Waals surface area contributed by atoms with Crippen LogP contribution in [-0.4, -0.2) is 38.1 Å². The van der Waals surface area contributed by atoms with Crippen LogP contribution >= 0.6 is 0 Å². The van der Waals surface area contributed by atoms with Crippen LogP contribution in [0.2, 0.25) is 0 Å². The molecule has 128 valence electrons.